The summed E-state index contributed by atoms with van der Waals surface area (Å²) in [5, 5.41) is 2.99. The molecular formula is C14H21NO2. The molecule has 1 aromatic rings. The normalized spacial score (nSPS) is 11.9. The summed E-state index contributed by atoms with van der Waals surface area (Å²) in [6, 6.07) is 7.84. The average molecular weight is 235 g/mol. The molecule has 0 fully saturated rings. The van der Waals surface area contributed by atoms with Crippen LogP contribution in [0, 0.1) is 0 Å². The smallest absolute Gasteiger partial charge is 0.224 e. The Morgan fingerprint density at radius 1 is 1.35 bits per heavy atom. The fourth-order valence-electron chi connectivity index (χ4n) is 1.76. The number of carbonyl (C=O) groups excluding carboxylic acids is 1. The lowest BCUT2D eigenvalue weighted by Gasteiger charge is -2.12. The van der Waals surface area contributed by atoms with Crippen LogP contribution in [-0.4, -0.2) is 19.1 Å². The van der Waals surface area contributed by atoms with E-state index >= 15 is 0 Å². The van der Waals surface area contributed by atoms with Crippen molar-refractivity contribution in [2.45, 2.75) is 39.2 Å². The van der Waals surface area contributed by atoms with Gasteiger partial charge in [0.2, 0.25) is 5.91 Å². The lowest BCUT2D eigenvalue weighted by Crippen LogP contribution is -2.33. The third-order valence-corrected chi connectivity index (χ3v) is 2.65. The van der Waals surface area contributed by atoms with E-state index in [-0.39, 0.29) is 11.9 Å². The number of hydrogen-bond acceptors (Lipinski definition) is 2. The van der Waals surface area contributed by atoms with Gasteiger partial charge in [-0.2, -0.15) is 0 Å². The molecule has 0 bridgehead atoms. The highest BCUT2D eigenvalue weighted by Crippen LogP contribution is 2.11. The van der Waals surface area contributed by atoms with Crippen LogP contribution in [-0.2, 0) is 11.2 Å². The molecule has 3 nitrogen and oxygen atoms in total. The summed E-state index contributed by atoms with van der Waals surface area (Å²) in [6.45, 7) is 4.15. The minimum atomic E-state index is 0.0797. The van der Waals surface area contributed by atoms with Gasteiger partial charge in [-0.3, -0.25) is 4.79 Å². The van der Waals surface area contributed by atoms with Gasteiger partial charge in [-0.05, 0) is 31.0 Å². The zero-order chi connectivity index (χ0) is 12.7. The van der Waals surface area contributed by atoms with Crippen molar-refractivity contribution in [3.63, 3.8) is 0 Å². The van der Waals surface area contributed by atoms with Crippen LogP contribution in [0.2, 0.25) is 0 Å². The number of hydrogen-bond donors (Lipinski definition) is 1. The van der Waals surface area contributed by atoms with Gasteiger partial charge in [-0.1, -0.05) is 25.5 Å². The van der Waals surface area contributed by atoms with Gasteiger partial charge in [0.15, 0.2) is 0 Å². The summed E-state index contributed by atoms with van der Waals surface area (Å²) in [7, 11) is 1.63. The van der Waals surface area contributed by atoms with Gasteiger partial charge in [0, 0.05) is 6.04 Å². The van der Waals surface area contributed by atoms with Gasteiger partial charge in [-0.25, -0.2) is 0 Å². The first-order chi connectivity index (χ1) is 8.15. The Bertz CT molecular complexity index is 346. The minimum absolute atomic E-state index is 0.0797. The topological polar surface area (TPSA) is 38.3 Å². The summed E-state index contributed by atoms with van der Waals surface area (Å²) < 4.78 is 5.07. The van der Waals surface area contributed by atoms with Crippen LogP contribution in [0.25, 0.3) is 0 Å². The zero-order valence-corrected chi connectivity index (χ0v) is 10.8. The van der Waals surface area contributed by atoms with E-state index in [1.807, 2.05) is 31.2 Å². The highest BCUT2D eigenvalue weighted by Gasteiger charge is 2.07. The van der Waals surface area contributed by atoms with Gasteiger partial charge in [-0.15, -0.1) is 0 Å². The molecule has 0 saturated heterocycles. The molecule has 1 N–H and O–H groups in total. The molecule has 1 amide bonds. The van der Waals surface area contributed by atoms with Crippen molar-refractivity contribution < 1.29 is 9.53 Å². The first-order valence-corrected chi connectivity index (χ1v) is 6.08. The highest BCUT2D eigenvalue weighted by molar-refractivity contribution is 5.78. The number of nitrogens with one attached hydrogen (secondary N) is 1. The predicted molar refractivity (Wildman–Crippen MR) is 69.2 cm³/mol. The molecule has 1 aromatic carbocycles. The van der Waals surface area contributed by atoms with Crippen molar-refractivity contribution in [3.8, 4) is 5.75 Å². The van der Waals surface area contributed by atoms with Crippen LogP contribution in [0.5, 0.6) is 5.75 Å². The van der Waals surface area contributed by atoms with Gasteiger partial charge >= 0.3 is 0 Å². The predicted octanol–water partition coefficient (Wildman–Crippen LogP) is 2.54. The van der Waals surface area contributed by atoms with E-state index in [4.69, 9.17) is 4.74 Å². The number of ether oxygens (including phenoxy) is 1. The minimum Gasteiger partial charge on any atom is -0.497 e. The number of rotatable bonds is 6. The molecule has 0 aromatic heterocycles. The lowest BCUT2D eigenvalue weighted by molar-refractivity contribution is -0.121. The first kappa shape index (κ1) is 13.6. The summed E-state index contributed by atoms with van der Waals surface area (Å²) in [5.41, 5.74) is 1.01. The van der Waals surface area contributed by atoms with E-state index in [2.05, 4.69) is 12.2 Å². The average Bonchev–Trinajstić information content (AvgIpc) is 2.30. The van der Waals surface area contributed by atoms with Crippen molar-refractivity contribution in [2.75, 3.05) is 7.11 Å². The van der Waals surface area contributed by atoms with Crippen molar-refractivity contribution in [2.24, 2.45) is 0 Å². The fraction of sp³-hybridized carbons (Fsp3) is 0.500. The van der Waals surface area contributed by atoms with Gasteiger partial charge in [0.05, 0.1) is 13.5 Å². The Morgan fingerprint density at radius 2 is 2.00 bits per heavy atom. The summed E-state index contributed by atoms with van der Waals surface area (Å²) in [6.07, 6.45) is 2.54. The second kappa shape index (κ2) is 6.94. The lowest BCUT2D eigenvalue weighted by atomic mass is 10.1. The van der Waals surface area contributed by atoms with Gasteiger partial charge < -0.3 is 10.1 Å². The van der Waals surface area contributed by atoms with Crippen LogP contribution in [0.1, 0.15) is 32.3 Å². The first-order valence-electron chi connectivity index (χ1n) is 6.08. The van der Waals surface area contributed by atoms with Crippen molar-refractivity contribution in [1.82, 2.24) is 5.32 Å². The van der Waals surface area contributed by atoms with Crippen LogP contribution in [0.4, 0.5) is 0 Å². The molecule has 0 spiro atoms. The number of benzene rings is 1. The molecule has 1 atom stereocenters. The highest BCUT2D eigenvalue weighted by atomic mass is 16.5. The van der Waals surface area contributed by atoms with Crippen molar-refractivity contribution in [1.29, 1.82) is 0 Å². The molecule has 0 radical (unpaired) electrons. The standard InChI is InChI=1S/C14H21NO2/c1-4-5-11(2)15-14(16)10-12-6-8-13(17-3)9-7-12/h6-9,11H,4-5,10H2,1-3H3,(H,15,16). The fourth-order valence-corrected chi connectivity index (χ4v) is 1.76. The Balaban J connectivity index is 2.44. The monoisotopic (exact) mass is 235 g/mol. The summed E-state index contributed by atoms with van der Waals surface area (Å²) in [5.74, 6) is 0.893. The van der Waals surface area contributed by atoms with Crippen molar-refractivity contribution >= 4 is 5.91 Å². The third kappa shape index (κ3) is 4.89. The largest absolute Gasteiger partial charge is 0.497 e. The molecule has 94 valence electrons. The van der Waals surface area contributed by atoms with E-state index in [1.54, 1.807) is 7.11 Å². The maximum absolute atomic E-state index is 11.7. The molecule has 17 heavy (non-hydrogen) atoms. The molecule has 1 unspecified atom stereocenters. The van der Waals surface area contributed by atoms with Crippen LogP contribution in [0.3, 0.4) is 0 Å². The summed E-state index contributed by atoms with van der Waals surface area (Å²) in [4.78, 5) is 11.7. The maximum atomic E-state index is 11.7. The van der Waals surface area contributed by atoms with Crippen LogP contribution >= 0.6 is 0 Å². The Hall–Kier alpha value is -1.51. The quantitative estimate of drug-likeness (QED) is 0.823. The number of amides is 1. The summed E-state index contributed by atoms with van der Waals surface area (Å²) >= 11 is 0. The van der Waals surface area contributed by atoms with E-state index in [1.165, 1.54) is 0 Å². The Kier molecular flexibility index (Phi) is 5.53. The molecule has 0 aliphatic rings. The zero-order valence-electron chi connectivity index (χ0n) is 10.8. The van der Waals surface area contributed by atoms with Gasteiger partial charge in [0.1, 0.15) is 5.75 Å². The van der Waals surface area contributed by atoms with E-state index < -0.39 is 0 Å². The number of methoxy groups -OCH3 is 1. The molecule has 3 heteroatoms. The third-order valence-electron chi connectivity index (χ3n) is 2.65. The molecule has 0 aliphatic carbocycles. The van der Waals surface area contributed by atoms with Crippen LogP contribution < -0.4 is 10.1 Å². The molecular weight excluding hydrogens is 214 g/mol. The second-order valence-electron chi connectivity index (χ2n) is 4.28. The van der Waals surface area contributed by atoms with Gasteiger partial charge in [0.25, 0.3) is 0 Å². The van der Waals surface area contributed by atoms with E-state index in [0.29, 0.717) is 6.42 Å². The molecule has 1 rings (SSSR count). The Morgan fingerprint density at radius 3 is 2.53 bits per heavy atom. The SMILES string of the molecule is CCCC(C)NC(=O)Cc1ccc(OC)cc1. The van der Waals surface area contributed by atoms with E-state index in [9.17, 15) is 4.79 Å². The molecule has 0 saturated carbocycles. The van der Waals surface area contributed by atoms with Crippen LogP contribution in [0.15, 0.2) is 24.3 Å². The van der Waals surface area contributed by atoms with E-state index in [0.717, 1.165) is 24.2 Å². The molecule has 0 heterocycles. The van der Waals surface area contributed by atoms with Crippen molar-refractivity contribution in [3.05, 3.63) is 29.8 Å². The number of carbonyl (C=O) groups is 1. The second-order valence-corrected chi connectivity index (χ2v) is 4.28. The maximum Gasteiger partial charge on any atom is 0.224 e. The Labute approximate surface area is 103 Å². The molecule has 0 aliphatic heterocycles.